The monoisotopic (exact) mass is 410 g/mol. The van der Waals surface area contributed by atoms with Crippen molar-refractivity contribution in [3.05, 3.63) is 53.6 Å². The lowest BCUT2D eigenvalue weighted by atomic mass is 9.88. The highest BCUT2D eigenvalue weighted by Gasteiger charge is 2.21. The van der Waals surface area contributed by atoms with Gasteiger partial charge in [-0.2, -0.15) is 0 Å². The van der Waals surface area contributed by atoms with E-state index in [1.54, 1.807) is 0 Å². The number of rotatable bonds is 6. The van der Waals surface area contributed by atoms with Crippen LogP contribution in [0.15, 0.2) is 47.4 Å². The fourth-order valence-electron chi connectivity index (χ4n) is 3.77. The molecular weight excluding hydrogens is 380 g/mol. The molecule has 2 amide bonds. The van der Waals surface area contributed by atoms with Crippen molar-refractivity contribution in [1.29, 1.82) is 0 Å². The zero-order valence-corrected chi connectivity index (χ0v) is 18.3. The van der Waals surface area contributed by atoms with Gasteiger partial charge in [-0.1, -0.05) is 25.3 Å². The van der Waals surface area contributed by atoms with Crippen molar-refractivity contribution in [3.8, 4) is 0 Å². The van der Waals surface area contributed by atoms with E-state index in [-0.39, 0.29) is 23.0 Å². The van der Waals surface area contributed by atoms with E-state index in [4.69, 9.17) is 0 Å². The predicted molar refractivity (Wildman–Crippen MR) is 122 cm³/mol. The molecule has 2 N–H and O–H groups in total. The molecule has 0 bridgehead atoms. The summed E-state index contributed by atoms with van der Waals surface area (Å²) in [7, 11) is 0. The fraction of sp³-hybridized carbons (Fsp3) is 0.417. The summed E-state index contributed by atoms with van der Waals surface area (Å²) in [6.45, 7) is 5.95. The SMILES string of the molecule is Cc1cc(C)cc(NC(=O)C(C)Sc2ccc(NC(=O)C3CCCCC3)cc2)c1. The highest BCUT2D eigenvalue weighted by molar-refractivity contribution is 8.00. The molecule has 1 aliphatic carbocycles. The van der Waals surface area contributed by atoms with Gasteiger partial charge in [0.1, 0.15) is 0 Å². The van der Waals surface area contributed by atoms with Crippen molar-refractivity contribution in [1.82, 2.24) is 0 Å². The van der Waals surface area contributed by atoms with Gasteiger partial charge < -0.3 is 10.6 Å². The molecule has 0 spiro atoms. The molecule has 1 atom stereocenters. The Balaban J connectivity index is 1.53. The van der Waals surface area contributed by atoms with Crippen LogP contribution in [-0.2, 0) is 9.59 Å². The van der Waals surface area contributed by atoms with Crippen molar-refractivity contribution in [2.75, 3.05) is 10.6 Å². The number of anilines is 2. The van der Waals surface area contributed by atoms with E-state index in [1.165, 1.54) is 18.2 Å². The number of hydrogen-bond acceptors (Lipinski definition) is 3. The molecule has 3 rings (SSSR count). The number of thioether (sulfide) groups is 1. The fourth-order valence-corrected chi connectivity index (χ4v) is 4.64. The minimum atomic E-state index is -0.224. The summed E-state index contributed by atoms with van der Waals surface area (Å²) in [4.78, 5) is 25.9. The van der Waals surface area contributed by atoms with Gasteiger partial charge in [-0.15, -0.1) is 11.8 Å². The Bertz CT molecular complexity index is 837. The third-order valence-corrected chi connectivity index (χ3v) is 6.38. The maximum Gasteiger partial charge on any atom is 0.237 e. The van der Waals surface area contributed by atoms with Crippen LogP contribution >= 0.6 is 11.8 Å². The standard InChI is InChI=1S/C24H30N2O2S/c1-16-13-17(2)15-21(14-16)26-23(27)18(3)29-22-11-9-20(10-12-22)25-24(28)19-7-5-4-6-8-19/h9-15,18-19H,4-8H2,1-3H3,(H,25,28)(H,26,27). The number of benzene rings is 2. The Morgan fingerprint density at radius 1 is 0.897 bits per heavy atom. The Morgan fingerprint density at radius 3 is 2.14 bits per heavy atom. The lowest BCUT2D eigenvalue weighted by molar-refractivity contribution is -0.120. The lowest BCUT2D eigenvalue weighted by Crippen LogP contribution is -2.24. The molecule has 1 aliphatic rings. The average molecular weight is 411 g/mol. The first-order valence-electron chi connectivity index (χ1n) is 10.4. The third-order valence-electron chi connectivity index (χ3n) is 5.27. The van der Waals surface area contributed by atoms with Crippen LogP contribution < -0.4 is 10.6 Å². The summed E-state index contributed by atoms with van der Waals surface area (Å²) in [5.74, 6) is 0.257. The number of carbonyl (C=O) groups is 2. The van der Waals surface area contributed by atoms with Crippen LogP contribution in [-0.4, -0.2) is 17.1 Å². The van der Waals surface area contributed by atoms with Crippen molar-refractivity contribution >= 4 is 35.0 Å². The maximum atomic E-state index is 12.5. The van der Waals surface area contributed by atoms with Crippen LogP contribution in [0, 0.1) is 19.8 Å². The minimum absolute atomic E-state index is 0.0188. The molecule has 4 nitrogen and oxygen atoms in total. The van der Waals surface area contributed by atoms with E-state index in [2.05, 4.69) is 16.7 Å². The van der Waals surface area contributed by atoms with Crippen LogP contribution in [0.5, 0.6) is 0 Å². The zero-order chi connectivity index (χ0) is 20.8. The van der Waals surface area contributed by atoms with Crippen LogP contribution in [0.1, 0.15) is 50.2 Å². The Morgan fingerprint density at radius 2 is 1.52 bits per heavy atom. The highest BCUT2D eigenvalue weighted by atomic mass is 32.2. The molecule has 1 saturated carbocycles. The van der Waals surface area contributed by atoms with Gasteiger partial charge in [0.15, 0.2) is 0 Å². The second kappa shape index (κ2) is 9.97. The van der Waals surface area contributed by atoms with Gasteiger partial charge in [-0.25, -0.2) is 0 Å². The topological polar surface area (TPSA) is 58.2 Å². The van der Waals surface area contributed by atoms with Gasteiger partial charge >= 0.3 is 0 Å². The Hall–Kier alpha value is -2.27. The molecule has 0 aliphatic heterocycles. The van der Waals surface area contributed by atoms with E-state index in [0.717, 1.165) is 53.1 Å². The Labute approximate surface area is 177 Å². The molecule has 5 heteroatoms. The zero-order valence-electron chi connectivity index (χ0n) is 17.5. The van der Waals surface area contributed by atoms with E-state index in [9.17, 15) is 9.59 Å². The normalized spacial score (nSPS) is 15.6. The third kappa shape index (κ3) is 6.36. The number of nitrogens with one attached hydrogen (secondary N) is 2. The number of hydrogen-bond donors (Lipinski definition) is 2. The molecule has 154 valence electrons. The van der Waals surface area contributed by atoms with Gasteiger partial charge in [0.05, 0.1) is 5.25 Å². The van der Waals surface area contributed by atoms with Crippen LogP contribution in [0.3, 0.4) is 0 Å². The first-order valence-corrected chi connectivity index (χ1v) is 11.3. The first-order chi connectivity index (χ1) is 13.9. The number of carbonyl (C=O) groups excluding carboxylic acids is 2. The summed E-state index contributed by atoms with van der Waals surface area (Å²) in [6.07, 6.45) is 5.52. The average Bonchev–Trinajstić information content (AvgIpc) is 2.69. The minimum Gasteiger partial charge on any atom is -0.326 e. The van der Waals surface area contributed by atoms with Crippen LogP contribution in [0.2, 0.25) is 0 Å². The van der Waals surface area contributed by atoms with Gasteiger partial charge in [-0.05, 0) is 81.1 Å². The van der Waals surface area contributed by atoms with Crippen molar-refractivity contribution in [2.45, 2.75) is 63.0 Å². The summed E-state index contributed by atoms with van der Waals surface area (Å²) in [6, 6.07) is 13.8. The number of amides is 2. The van der Waals surface area contributed by atoms with Crippen LogP contribution in [0.25, 0.3) is 0 Å². The molecule has 1 fully saturated rings. The summed E-state index contributed by atoms with van der Waals surface area (Å²) in [5.41, 5.74) is 3.91. The van der Waals surface area contributed by atoms with Crippen molar-refractivity contribution < 1.29 is 9.59 Å². The summed E-state index contributed by atoms with van der Waals surface area (Å²) >= 11 is 1.51. The van der Waals surface area contributed by atoms with Crippen molar-refractivity contribution in [2.24, 2.45) is 5.92 Å². The maximum absolute atomic E-state index is 12.5. The van der Waals surface area contributed by atoms with Gasteiger partial charge in [0.25, 0.3) is 0 Å². The van der Waals surface area contributed by atoms with E-state index in [1.807, 2.05) is 57.2 Å². The highest BCUT2D eigenvalue weighted by Crippen LogP contribution is 2.28. The second-order valence-electron chi connectivity index (χ2n) is 7.97. The number of aryl methyl sites for hydroxylation is 2. The second-order valence-corrected chi connectivity index (χ2v) is 9.39. The smallest absolute Gasteiger partial charge is 0.237 e. The molecule has 0 aromatic heterocycles. The predicted octanol–water partition coefficient (Wildman–Crippen LogP) is 5.94. The van der Waals surface area contributed by atoms with Gasteiger partial charge in [-0.3, -0.25) is 9.59 Å². The molecule has 2 aromatic rings. The van der Waals surface area contributed by atoms with Gasteiger partial charge in [0, 0.05) is 22.2 Å². The molecule has 0 saturated heterocycles. The first kappa shape index (κ1) is 21.4. The molecule has 1 unspecified atom stereocenters. The van der Waals surface area contributed by atoms with Crippen molar-refractivity contribution in [3.63, 3.8) is 0 Å². The van der Waals surface area contributed by atoms with Crippen LogP contribution in [0.4, 0.5) is 11.4 Å². The molecular formula is C24H30N2O2S. The quantitative estimate of drug-likeness (QED) is 0.579. The molecule has 0 radical (unpaired) electrons. The molecule has 2 aromatic carbocycles. The summed E-state index contributed by atoms with van der Waals surface area (Å²) in [5, 5.41) is 5.81. The molecule has 29 heavy (non-hydrogen) atoms. The van der Waals surface area contributed by atoms with Gasteiger partial charge in [0.2, 0.25) is 11.8 Å². The van der Waals surface area contributed by atoms with E-state index >= 15 is 0 Å². The summed E-state index contributed by atoms with van der Waals surface area (Å²) < 4.78 is 0. The Kier molecular flexibility index (Phi) is 7.37. The van der Waals surface area contributed by atoms with E-state index in [0.29, 0.717) is 0 Å². The largest absolute Gasteiger partial charge is 0.326 e. The molecule has 0 heterocycles. The van der Waals surface area contributed by atoms with E-state index < -0.39 is 0 Å². The lowest BCUT2D eigenvalue weighted by Gasteiger charge is -2.20.